The summed E-state index contributed by atoms with van der Waals surface area (Å²) in [6, 6.07) is 72.8. The molecular formula is C57H39N3O. The first kappa shape index (κ1) is 34.1. The molecule has 0 radical (unpaired) electrons. The number of anilines is 6. The Bertz CT molecular complexity index is 3540. The van der Waals surface area contributed by atoms with E-state index in [1.54, 1.807) is 0 Å². The summed E-state index contributed by atoms with van der Waals surface area (Å²) in [6.07, 6.45) is 0. The molecule has 0 bridgehead atoms. The van der Waals surface area contributed by atoms with Crippen LogP contribution in [0.25, 0.3) is 71.7 Å². The average molecular weight is 782 g/mol. The van der Waals surface area contributed by atoms with Crippen LogP contribution >= 0.6 is 0 Å². The van der Waals surface area contributed by atoms with Gasteiger partial charge in [0.25, 0.3) is 0 Å². The van der Waals surface area contributed by atoms with Gasteiger partial charge in [0.1, 0.15) is 11.2 Å². The number of para-hydroxylation sites is 4. The van der Waals surface area contributed by atoms with E-state index < -0.39 is 0 Å². The van der Waals surface area contributed by atoms with Gasteiger partial charge in [0.05, 0.1) is 16.7 Å². The maximum Gasteiger partial charge on any atom is 0.135 e. The number of benzene rings is 9. The van der Waals surface area contributed by atoms with Gasteiger partial charge in [-0.1, -0.05) is 129 Å². The molecular weight excluding hydrogens is 743 g/mol. The molecule has 2 aromatic heterocycles. The lowest BCUT2D eigenvalue weighted by atomic mass is 9.82. The van der Waals surface area contributed by atoms with Crippen molar-refractivity contribution in [3.05, 3.63) is 211 Å². The highest BCUT2D eigenvalue weighted by molar-refractivity contribution is 6.18. The lowest BCUT2D eigenvalue weighted by molar-refractivity contribution is 0.660. The summed E-state index contributed by atoms with van der Waals surface area (Å²) in [4.78, 5) is 4.74. The fourth-order valence-corrected chi connectivity index (χ4v) is 10.6. The molecule has 13 rings (SSSR count). The minimum Gasteiger partial charge on any atom is -0.456 e. The number of aromatic nitrogens is 1. The Morgan fingerprint density at radius 2 is 0.951 bits per heavy atom. The molecule has 2 aliphatic rings. The fourth-order valence-electron chi connectivity index (χ4n) is 10.6. The predicted octanol–water partition coefficient (Wildman–Crippen LogP) is 15.9. The zero-order chi connectivity index (χ0) is 40.4. The number of furan rings is 1. The van der Waals surface area contributed by atoms with Crippen LogP contribution < -0.4 is 9.80 Å². The standard InChI is InChI=1S/C57H39N3O/c1-57(2)48-25-13-22-44-46-24-12-23-45-42-31-29-41(35-51(42)60(56(45)46)50-27-14-26-49(57)55(50)54(44)48)59(40-30-32-53-47(34-40)43-21-9-10-28-52(43)61-53)39-20-11-19-38(33-39)58(36-15-5-3-6-16-36)37-17-7-4-8-18-37/h3-35H,1-2H3. The first-order valence-electron chi connectivity index (χ1n) is 21.1. The summed E-state index contributed by atoms with van der Waals surface area (Å²) in [5.41, 5.74) is 19.8. The first-order chi connectivity index (χ1) is 30.0. The second-order valence-electron chi connectivity index (χ2n) is 16.9. The Morgan fingerprint density at radius 3 is 1.74 bits per heavy atom. The maximum atomic E-state index is 6.36. The van der Waals surface area contributed by atoms with Gasteiger partial charge < -0.3 is 18.8 Å². The van der Waals surface area contributed by atoms with Crippen molar-refractivity contribution in [3.63, 3.8) is 0 Å². The molecule has 61 heavy (non-hydrogen) atoms. The third-order valence-electron chi connectivity index (χ3n) is 13.3. The Labute approximate surface area is 353 Å². The van der Waals surface area contributed by atoms with Crippen LogP contribution in [-0.4, -0.2) is 4.57 Å². The molecule has 0 spiro atoms. The van der Waals surface area contributed by atoms with E-state index in [9.17, 15) is 0 Å². The van der Waals surface area contributed by atoms with E-state index in [1.165, 1.54) is 60.9 Å². The Morgan fingerprint density at radius 1 is 0.393 bits per heavy atom. The monoisotopic (exact) mass is 781 g/mol. The molecule has 0 saturated heterocycles. The van der Waals surface area contributed by atoms with Crippen molar-refractivity contribution in [2.24, 2.45) is 0 Å². The third kappa shape index (κ3) is 4.82. The Kier molecular flexibility index (Phi) is 7.04. The highest BCUT2D eigenvalue weighted by atomic mass is 16.3. The lowest BCUT2D eigenvalue weighted by Gasteiger charge is -2.29. The second kappa shape index (κ2) is 12.6. The van der Waals surface area contributed by atoms with E-state index in [0.717, 1.165) is 56.1 Å². The summed E-state index contributed by atoms with van der Waals surface area (Å²) >= 11 is 0. The van der Waals surface area contributed by atoms with E-state index in [2.05, 4.69) is 216 Å². The summed E-state index contributed by atoms with van der Waals surface area (Å²) in [5.74, 6) is 0. The van der Waals surface area contributed by atoms with Gasteiger partial charge in [-0.15, -0.1) is 0 Å². The van der Waals surface area contributed by atoms with Crippen LogP contribution in [0.1, 0.15) is 25.0 Å². The molecule has 0 amide bonds. The third-order valence-corrected chi connectivity index (χ3v) is 13.3. The second-order valence-corrected chi connectivity index (χ2v) is 16.9. The molecule has 11 aromatic rings. The van der Waals surface area contributed by atoms with Gasteiger partial charge in [-0.05, 0) is 107 Å². The van der Waals surface area contributed by atoms with Crippen molar-refractivity contribution >= 4 is 77.9 Å². The summed E-state index contributed by atoms with van der Waals surface area (Å²) in [6.45, 7) is 4.76. The molecule has 4 heteroatoms. The molecule has 0 saturated carbocycles. The van der Waals surface area contributed by atoms with E-state index in [-0.39, 0.29) is 5.41 Å². The minimum atomic E-state index is -0.110. The summed E-state index contributed by atoms with van der Waals surface area (Å²) in [7, 11) is 0. The largest absolute Gasteiger partial charge is 0.456 e. The number of hydrogen-bond donors (Lipinski definition) is 0. The first-order valence-corrected chi connectivity index (χ1v) is 21.1. The normalized spacial score (nSPS) is 13.2. The van der Waals surface area contributed by atoms with E-state index >= 15 is 0 Å². The predicted molar refractivity (Wildman–Crippen MR) is 254 cm³/mol. The van der Waals surface area contributed by atoms with Crippen LogP contribution in [0.3, 0.4) is 0 Å². The van der Waals surface area contributed by atoms with Gasteiger partial charge >= 0.3 is 0 Å². The van der Waals surface area contributed by atoms with Crippen molar-refractivity contribution in [1.29, 1.82) is 0 Å². The topological polar surface area (TPSA) is 24.6 Å². The number of hydrogen-bond acceptors (Lipinski definition) is 3. The van der Waals surface area contributed by atoms with Crippen molar-refractivity contribution in [1.82, 2.24) is 4.57 Å². The quantitative estimate of drug-likeness (QED) is 0.168. The highest BCUT2D eigenvalue weighted by Gasteiger charge is 2.40. The van der Waals surface area contributed by atoms with Crippen LogP contribution in [0, 0.1) is 0 Å². The zero-order valence-electron chi connectivity index (χ0n) is 33.8. The molecule has 288 valence electrons. The molecule has 0 N–H and O–H groups in total. The smallest absolute Gasteiger partial charge is 0.135 e. The van der Waals surface area contributed by atoms with Crippen molar-refractivity contribution < 1.29 is 4.42 Å². The number of rotatable bonds is 6. The Balaban J connectivity index is 1.08. The fraction of sp³-hybridized carbons (Fsp3) is 0.0526. The van der Waals surface area contributed by atoms with Crippen LogP contribution in [0.5, 0.6) is 0 Å². The molecule has 0 atom stereocenters. The molecule has 0 unspecified atom stereocenters. The SMILES string of the molecule is CC1(C)c2cccc3c2-c2c(cccc21)-n1c2cc(N(c4cccc(N(c5ccccc5)c5ccccc5)c4)c4ccc5oc6ccccc6c5c4)ccc2c2cccc-3c21. The van der Waals surface area contributed by atoms with Crippen molar-refractivity contribution in [2.45, 2.75) is 19.3 Å². The van der Waals surface area contributed by atoms with Gasteiger partial charge in [-0.3, -0.25) is 0 Å². The lowest BCUT2D eigenvalue weighted by Crippen LogP contribution is -2.15. The van der Waals surface area contributed by atoms with Gasteiger partial charge in [0.15, 0.2) is 0 Å². The Hall–Kier alpha value is -7.82. The van der Waals surface area contributed by atoms with Crippen LogP contribution in [0.15, 0.2) is 205 Å². The highest BCUT2D eigenvalue weighted by Crippen LogP contribution is 2.57. The molecule has 3 heterocycles. The molecule has 9 aromatic carbocycles. The van der Waals surface area contributed by atoms with E-state index in [1.807, 2.05) is 12.1 Å². The average Bonchev–Trinajstić information content (AvgIpc) is 3.89. The van der Waals surface area contributed by atoms with Crippen molar-refractivity contribution in [3.8, 4) is 27.9 Å². The van der Waals surface area contributed by atoms with E-state index in [0.29, 0.717) is 0 Å². The summed E-state index contributed by atoms with van der Waals surface area (Å²) < 4.78 is 8.92. The van der Waals surface area contributed by atoms with Crippen LogP contribution in [-0.2, 0) is 5.41 Å². The van der Waals surface area contributed by atoms with E-state index in [4.69, 9.17) is 4.42 Å². The van der Waals surface area contributed by atoms with Crippen LogP contribution in [0.4, 0.5) is 34.1 Å². The van der Waals surface area contributed by atoms with Gasteiger partial charge in [-0.2, -0.15) is 0 Å². The number of fused-ring (bicyclic) bond motifs is 8. The molecule has 4 nitrogen and oxygen atoms in total. The number of nitrogens with zero attached hydrogens (tertiary/aromatic N) is 3. The van der Waals surface area contributed by atoms with Gasteiger partial charge in [0, 0.05) is 72.2 Å². The van der Waals surface area contributed by atoms with Gasteiger partial charge in [-0.25, -0.2) is 0 Å². The summed E-state index contributed by atoms with van der Waals surface area (Å²) in [5, 5.41) is 4.69. The zero-order valence-corrected chi connectivity index (χ0v) is 33.8. The van der Waals surface area contributed by atoms with Gasteiger partial charge in [0.2, 0.25) is 0 Å². The minimum absolute atomic E-state index is 0.110. The molecule has 1 aliphatic heterocycles. The molecule has 1 aliphatic carbocycles. The van der Waals surface area contributed by atoms with Crippen molar-refractivity contribution in [2.75, 3.05) is 9.80 Å². The van der Waals surface area contributed by atoms with Crippen LogP contribution in [0.2, 0.25) is 0 Å². The molecule has 0 fully saturated rings. The maximum absolute atomic E-state index is 6.36.